The Bertz CT molecular complexity index is 191. The first-order valence-electron chi connectivity index (χ1n) is 3.84. The molecule has 68 valence electrons. The zero-order valence-electron chi connectivity index (χ0n) is 7.03. The van der Waals surface area contributed by atoms with Gasteiger partial charge in [0.15, 0.2) is 0 Å². The first-order chi connectivity index (χ1) is 5.72. The topological polar surface area (TPSA) is 61.5 Å². The SMILES string of the molecule is COC(=O)CC1C=C[C@H](N)CO1. The van der Waals surface area contributed by atoms with Gasteiger partial charge in [-0.15, -0.1) is 0 Å². The second-order valence-corrected chi connectivity index (χ2v) is 2.70. The second-order valence-electron chi connectivity index (χ2n) is 2.70. The first-order valence-corrected chi connectivity index (χ1v) is 3.84. The third kappa shape index (κ3) is 2.64. The molecule has 0 amide bonds. The fourth-order valence-electron chi connectivity index (χ4n) is 0.987. The van der Waals surface area contributed by atoms with Crippen molar-refractivity contribution in [3.8, 4) is 0 Å². The van der Waals surface area contributed by atoms with Crippen molar-refractivity contribution in [3.05, 3.63) is 12.2 Å². The average Bonchev–Trinajstić information content (AvgIpc) is 2.09. The van der Waals surface area contributed by atoms with Gasteiger partial charge in [0.25, 0.3) is 0 Å². The van der Waals surface area contributed by atoms with Crippen LogP contribution in [0, 0.1) is 0 Å². The van der Waals surface area contributed by atoms with Gasteiger partial charge in [-0.25, -0.2) is 0 Å². The maximum absolute atomic E-state index is 10.8. The van der Waals surface area contributed by atoms with Crippen molar-refractivity contribution in [2.45, 2.75) is 18.6 Å². The van der Waals surface area contributed by atoms with E-state index in [1.165, 1.54) is 7.11 Å². The molecule has 0 spiro atoms. The number of hydrogen-bond acceptors (Lipinski definition) is 4. The van der Waals surface area contributed by atoms with Crippen LogP contribution in [0.25, 0.3) is 0 Å². The highest BCUT2D eigenvalue weighted by molar-refractivity contribution is 5.70. The molecular formula is C8H13NO3. The van der Waals surface area contributed by atoms with Gasteiger partial charge in [-0.2, -0.15) is 0 Å². The monoisotopic (exact) mass is 171 g/mol. The van der Waals surface area contributed by atoms with Crippen LogP contribution in [0.1, 0.15) is 6.42 Å². The van der Waals surface area contributed by atoms with Gasteiger partial charge in [-0.05, 0) is 0 Å². The predicted octanol–water partition coefficient (Wildman–Crippen LogP) is -0.168. The highest BCUT2D eigenvalue weighted by Gasteiger charge is 2.16. The van der Waals surface area contributed by atoms with Gasteiger partial charge in [0.05, 0.1) is 26.2 Å². The third-order valence-electron chi connectivity index (χ3n) is 1.67. The normalized spacial score (nSPS) is 28.5. The number of hydrogen-bond donors (Lipinski definition) is 1. The van der Waals surface area contributed by atoms with Gasteiger partial charge in [-0.1, -0.05) is 12.2 Å². The molecule has 4 nitrogen and oxygen atoms in total. The van der Waals surface area contributed by atoms with Crippen molar-refractivity contribution in [3.63, 3.8) is 0 Å². The van der Waals surface area contributed by atoms with Crippen LogP contribution in [0.5, 0.6) is 0 Å². The van der Waals surface area contributed by atoms with Gasteiger partial charge in [0.1, 0.15) is 0 Å². The summed E-state index contributed by atoms with van der Waals surface area (Å²) in [6.45, 7) is 0.470. The Morgan fingerprint density at radius 1 is 1.75 bits per heavy atom. The lowest BCUT2D eigenvalue weighted by Gasteiger charge is -2.20. The summed E-state index contributed by atoms with van der Waals surface area (Å²) >= 11 is 0. The van der Waals surface area contributed by atoms with Crippen LogP contribution in [0.15, 0.2) is 12.2 Å². The fraction of sp³-hybridized carbons (Fsp3) is 0.625. The second kappa shape index (κ2) is 4.23. The summed E-state index contributed by atoms with van der Waals surface area (Å²) in [6.07, 6.45) is 3.74. The zero-order valence-corrected chi connectivity index (χ0v) is 7.03. The average molecular weight is 171 g/mol. The molecule has 0 aromatic heterocycles. The number of ether oxygens (including phenoxy) is 2. The Balaban J connectivity index is 2.35. The molecule has 1 unspecified atom stereocenters. The maximum Gasteiger partial charge on any atom is 0.308 e. The minimum atomic E-state index is -0.264. The Morgan fingerprint density at radius 3 is 3.00 bits per heavy atom. The minimum absolute atomic E-state index is 0.0427. The van der Waals surface area contributed by atoms with Gasteiger partial charge < -0.3 is 15.2 Å². The first kappa shape index (κ1) is 9.22. The lowest BCUT2D eigenvalue weighted by molar-refractivity contribution is -0.143. The highest BCUT2D eigenvalue weighted by atomic mass is 16.5. The number of rotatable bonds is 2. The van der Waals surface area contributed by atoms with Gasteiger partial charge in [0.2, 0.25) is 0 Å². The summed E-state index contributed by atoms with van der Waals surface area (Å²) in [5.41, 5.74) is 5.53. The van der Waals surface area contributed by atoms with E-state index in [1.807, 2.05) is 6.08 Å². The van der Waals surface area contributed by atoms with E-state index in [1.54, 1.807) is 6.08 Å². The van der Waals surface area contributed by atoms with Crippen molar-refractivity contribution in [2.75, 3.05) is 13.7 Å². The molecule has 0 fully saturated rings. The van der Waals surface area contributed by atoms with Crippen LogP contribution < -0.4 is 5.73 Å². The number of methoxy groups -OCH3 is 1. The molecule has 0 aliphatic carbocycles. The highest BCUT2D eigenvalue weighted by Crippen LogP contribution is 2.08. The largest absolute Gasteiger partial charge is 0.469 e. The Morgan fingerprint density at radius 2 is 2.50 bits per heavy atom. The molecule has 4 heteroatoms. The summed E-state index contributed by atoms with van der Waals surface area (Å²) < 4.78 is 9.75. The summed E-state index contributed by atoms with van der Waals surface area (Å²) in [7, 11) is 1.36. The van der Waals surface area contributed by atoms with Crippen molar-refractivity contribution < 1.29 is 14.3 Å². The van der Waals surface area contributed by atoms with Crippen LogP contribution >= 0.6 is 0 Å². The lowest BCUT2D eigenvalue weighted by Crippen LogP contribution is -2.32. The molecule has 1 aliphatic rings. The van der Waals surface area contributed by atoms with E-state index in [0.29, 0.717) is 6.61 Å². The standard InChI is InChI=1S/C8H13NO3/c1-11-8(10)4-7-3-2-6(9)5-12-7/h2-3,6-7H,4-5,9H2,1H3/t6-,7?/m0/s1. The van der Waals surface area contributed by atoms with Crippen LogP contribution in [0.2, 0.25) is 0 Å². The molecule has 0 saturated carbocycles. The van der Waals surface area contributed by atoms with E-state index < -0.39 is 0 Å². The summed E-state index contributed by atoms with van der Waals surface area (Å²) in [5.74, 6) is -0.264. The molecule has 1 heterocycles. The smallest absolute Gasteiger partial charge is 0.308 e. The van der Waals surface area contributed by atoms with E-state index in [-0.39, 0.29) is 24.5 Å². The molecular weight excluding hydrogens is 158 g/mol. The summed E-state index contributed by atoms with van der Waals surface area (Å²) in [5, 5.41) is 0. The molecule has 2 N–H and O–H groups in total. The van der Waals surface area contributed by atoms with E-state index in [0.717, 1.165) is 0 Å². The summed E-state index contributed by atoms with van der Waals surface area (Å²) in [4.78, 5) is 10.8. The molecule has 0 aromatic carbocycles. The Kier molecular flexibility index (Phi) is 3.25. The number of carbonyl (C=O) groups excluding carboxylic acids is 1. The van der Waals surface area contributed by atoms with Crippen molar-refractivity contribution in [2.24, 2.45) is 5.73 Å². The van der Waals surface area contributed by atoms with E-state index in [9.17, 15) is 4.79 Å². The zero-order chi connectivity index (χ0) is 8.97. The molecule has 0 bridgehead atoms. The lowest BCUT2D eigenvalue weighted by atomic mass is 10.1. The fourth-order valence-corrected chi connectivity index (χ4v) is 0.987. The summed E-state index contributed by atoms with van der Waals surface area (Å²) in [6, 6.07) is -0.0427. The quantitative estimate of drug-likeness (QED) is 0.463. The molecule has 0 saturated heterocycles. The predicted molar refractivity (Wildman–Crippen MR) is 43.5 cm³/mol. The van der Waals surface area contributed by atoms with Crippen LogP contribution in [0.3, 0.4) is 0 Å². The van der Waals surface area contributed by atoms with Gasteiger partial charge in [-0.3, -0.25) is 4.79 Å². The molecule has 0 radical (unpaired) electrons. The minimum Gasteiger partial charge on any atom is -0.469 e. The van der Waals surface area contributed by atoms with E-state index >= 15 is 0 Å². The third-order valence-corrected chi connectivity index (χ3v) is 1.67. The van der Waals surface area contributed by atoms with Gasteiger partial charge >= 0.3 is 5.97 Å². The Hall–Kier alpha value is -0.870. The van der Waals surface area contributed by atoms with Crippen LogP contribution in [-0.4, -0.2) is 31.8 Å². The molecule has 12 heavy (non-hydrogen) atoms. The van der Waals surface area contributed by atoms with E-state index in [2.05, 4.69) is 4.74 Å². The maximum atomic E-state index is 10.8. The molecule has 1 aliphatic heterocycles. The van der Waals surface area contributed by atoms with Crippen molar-refractivity contribution >= 4 is 5.97 Å². The molecule has 2 atom stereocenters. The molecule has 0 aromatic rings. The van der Waals surface area contributed by atoms with Crippen molar-refractivity contribution in [1.29, 1.82) is 0 Å². The number of esters is 1. The van der Waals surface area contributed by atoms with Gasteiger partial charge in [0, 0.05) is 6.04 Å². The van der Waals surface area contributed by atoms with Crippen molar-refractivity contribution in [1.82, 2.24) is 0 Å². The van der Waals surface area contributed by atoms with E-state index in [4.69, 9.17) is 10.5 Å². The molecule has 1 rings (SSSR count). The van der Waals surface area contributed by atoms with Crippen LogP contribution in [0.4, 0.5) is 0 Å². The Labute approximate surface area is 71.3 Å². The number of nitrogens with two attached hydrogens (primary N) is 1. The number of carbonyl (C=O) groups is 1. The van der Waals surface area contributed by atoms with Crippen LogP contribution in [-0.2, 0) is 14.3 Å².